The first-order valence-corrected chi connectivity index (χ1v) is 9.24. The summed E-state index contributed by atoms with van der Waals surface area (Å²) in [7, 11) is 0. The second kappa shape index (κ2) is 6.35. The Kier molecular flexibility index (Phi) is 3.97. The number of hydrogen-bond acceptors (Lipinski definition) is 6. The molecule has 2 aliphatic heterocycles. The van der Waals surface area contributed by atoms with Gasteiger partial charge < -0.3 is 24.5 Å². The van der Waals surface area contributed by atoms with Crippen LogP contribution in [0.15, 0.2) is 23.0 Å². The molecule has 2 aromatic rings. The van der Waals surface area contributed by atoms with Crippen molar-refractivity contribution < 1.29 is 14.2 Å². The van der Waals surface area contributed by atoms with Crippen molar-refractivity contribution in [3.05, 3.63) is 39.7 Å². The van der Waals surface area contributed by atoms with Crippen LogP contribution in [-0.4, -0.2) is 36.9 Å². The van der Waals surface area contributed by atoms with Crippen molar-refractivity contribution in [3.63, 3.8) is 0 Å². The summed E-state index contributed by atoms with van der Waals surface area (Å²) in [5.41, 5.74) is 3.43. The second-order valence-electron chi connectivity index (χ2n) is 7.29. The molecule has 2 fully saturated rings. The number of hydrogen-bond donors (Lipinski definition) is 3. The molecule has 1 aromatic carbocycles. The minimum atomic E-state index is -0.300. The van der Waals surface area contributed by atoms with Crippen molar-refractivity contribution in [1.82, 2.24) is 10.3 Å². The molecule has 3 N–H and O–H groups in total. The Labute approximate surface area is 151 Å². The third-order valence-electron chi connectivity index (χ3n) is 5.29. The lowest BCUT2D eigenvalue weighted by Gasteiger charge is -2.37. The lowest BCUT2D eigenvalue weighted by Crippen LogP contribution is -2.43. The molecule has 1 aromatic heterocycles. The molecule has 1 saturated carbocycles. The van der Waals surface area contributed by atoms with Gasteiger partial charge in [0.15, 0.2) is 12.6 Å². The monoisotopic (exact) mass is 357 g/mol. The SMILES string of the molecule is CC1OC(C2CNc3c2c2cc(COCNC4CC4)ccc2[nH]c3=O)O1. The third-order valence-corrected chi connectivity index (χ3v) is 5.29. The van der Waals surface area contributed by atoms with Gasteiger partial charge >= 0.3 is 0 Å². The Morgan fingerprint density at radius 3 is 2.92 bits per heavy atom. The minimum Gasteiger partial charge on any atom is -0.380 e. The van der Waals surface area contributed by atoms with Crippen molar-refractivity contribution in [2.75, 3.05) is 18.6 Å². The Morgan fingerprint density at radius 1 is 1.31 bits per heavy atom. The molecular weight excluding hydrogens is 334 g/mol. The number of nitrogens with one attached hydrogen (secondary N) is 3. The molecular formula is C19H23N3O4. The van der Waals surface area contributed by atoms with E-state index in [1.165, 1.54) is 12.8 Å². The first kappa shape index (κ1) is 16.3. The van der Waals surface area contributed by atoms with Crippen LogP contribution >= 0.6 is 0 Å². The molecule has 26 heavy (non-hydrogen) atoms. The van der Waals surface area contributed by atoms with E-state index in [0.717, 1.165) is 22.0 Å². The third kappa shape index (κ3) is 2.91. The summed E-state index contributed by atoms with van der Waals surface area (Å²) in [6.45, 7) is 3.62. The first-order valence-electron chi connectivity index (χ1n) is 9.24. The fourth-order valence-electron chi connectivity index (χ4n) is 3.77. The molecule has 0 bridgehead atoms. The van der Waals surface area contributed by atoms with Crippen LogP contribution in [0.5, 0.6) is 0 Å². The smallest absolute Gasteiger partial charge is 0.272 e. The summed E-state index contributed by atoms with van der Waals surface area (Å²) in [6.07, 6.45) is 2.01. The zero-order chi connectivity index (χ0) is 17.7. The van der Waals surface area contributed by atoms with Gasteiger partial charge in [-0.05, 0) is 37.5 Å². The van der Waals surface area contributed by atoms with Gasteiger partial charge in [0.2, 0.25) is 0 Å². The van der Waals surface area contributed by atoms with Gasteiger partial charge in [0.05, 0.1) is 19.3 Å². The number of pyridine rings is 1. The standard InChI is InChI=1S/C19H23N3O4/c1-10-25-19(26-10)14-7-20-17-16(14)13-6-11(2-5-15(13)22-18(17)23)8-24-9-21-12-3-4-12/h2,5-6,10,12,14,19-21H,3-4,7-9H2,1H3,(H,22,23). The fraction of sp³-hybridized carbons (Fsp3) is 0.526. The number of anilines is 1. The molecule has 1 aliphatic carbocycles. The van der Waals surface area contributed by atoms with Gasteiger partial charge in [0.25, 0.3) is 5.56 Å². The Morgan fingerprint density at radius 2 is 2.15 bits per heavy atom. The van der Waals surface area contributed by atoms with Crippen molar-refractivity contribution in [2.24, 2.45) is 0 Å². The molecule has 0 spiro atoms. The van der Waals surface area contributed by atoms with Crippen LogP contribution in [-0.2, 0) is 20.8 Å². The number of fused-ring (bicyclic) bond motifs is 3. The van der Waals surface area contributed by atoms with E-state index >= 15 is 0 Å². The molecule has 7 nitrogen and oxygen atoms in total. The van der Waals surface area contributed by atoms with Gasteiger partial charge in [-0.2, -0.15) is 0 Å². The average molecular weight is 357 g/mol. The van der Waals surface area contributed by atoms with Gasteiger partial charge in [-0.1, -0.05) is 6.07 Å². The van der Waals surface area contributed by atoms with Gasteiger partial charge in [-0.3, -0.25) is 10.1 Å². The van der Waals surface area contributed by atoms with E-state index in [0.29, 0.717) is 31.6 Å². The highest BCUT2D eigenvalue weighted by Gasteiger charge is 2.41. The van der Waals surface area contributed by atoms with Crippen molar-refractivity contribution in [1.29, 1.82) is 0 Å². The molecule has 7 heteroatoms. The molecule has 0 radical (unpaired) electrons. The van der Waals surface area contributed by atoms with Crippen LogP contribution in [0, 0.1) is 0 Å². The highest BCUT2D eigenvalue weighted by atomic mass is 16.9. The summed E-state index contributed by atoms with van der Waals surface area (Å²) < 4.78 is 17.1. The van der Waals surface area contributed by atoms with Crippen LogP contribution in [0.25, 0.3) is 10.9 Å². The number of benzene rings is 1. The number of H-pyrrole nitrogens is 1. The van der Waals surface area contributed by atoms with E-state index in [1.807, 2.05) is 19.1 Å². The van der Waals surface area contributed by atoms with E-state index in [4.69, 9.17) is 14.2 Å². The van der Waals surface area contributed by atoms with E-state index in [9.17, 15) is 4.79 Å². The van der Waals surface area contributed by atoms with E-state index in [-0.39, 0.29) is 24.1 Å². The Hall–Kier alpha value is -1.93. The van der Waals surface area contributed by atoms with Crippen LogP contribution in [0.1, 0.15) is 36.8 Å². The van der Waals surface area contributed by atoms with Crippen molar-refractivity contribution in [2.45, 2.75) is 50.9 Å². The Bertz CT molecular complexity index is 886. The molecule has 138 valence electrons. The average Bonchev–Trinajstić information content (AvgIpc) is 3.33. The highest BCUT2D eigenvalue weighted by molar-refractivity contribution is 5.89. The molecule has 3 aliphatic rings. The topological polar surface area (TPSA) is 84.6 Å². The number of ether oxygens (including phenoxy) is 3. The van der Waals surface area contributed by atoms with Gasteiger partial charge in [-0.25, -0.2) is 0 Å². The number of aromatic amines is 1. The van der Waals surface area contributed by atoms with Crippen LogP contribution in [0.2, 0.25) is 0 Å². The predicted molar refractivity (Wildman–Crippen MR) is 97.0 cm³/mol. The largest absolute Gasteiger partial charge is 0.380 e. The molecule has 3 heterocycles. The summed E-state index contributed by atoms with van der Waals surface area (Å²) in [5, 5.41) is 7.59. The summed E-state index contributed by atoms with van der Waals surface area (Å²) in [6, 6.07) is 6.68. The van der Waals surface area contributed by atoms with Gasteiger partial charge in [0, 0.05) is 29.1 Å². The first-order chi connectivity index (χ1) is 12.7. The maximum Gasteiger partial charge on any atom is 0.272 e. The normalized spacial score (nSPS) is 27.2. The van der Waals surface area contributed by atoms with Crippen molar-refractivity contribution in [3.8, 4) is 0 Å². The zero-order valence-corrected chi connectivity index (χ0v) is 14.7. The predicted octanol–water partition coefficient (Wildman–Crippen LogP) is 1.98. The van der Waals surface area contributed by atoms with Crippen LogP contribution in [0.3, 0.4) is 0 Å². The van der Waals surface area contributed by atoms with Crippen molar-refractivity contribution >= 4 is 16.6 Å². The molecule has 1 unspecified atom stereocenters. The van der Waals surface area contributed by atoms with Crippen LogP contribution < -0.4 is 16.2 Å². The van der Waals surface area contributed by atoms with E-state index in [1.54, 1.807) is 0 Å². The lowest BCUT2D eigenvalue weighted by molar-refractivity contribution is -0.381. The quantitative estimate of drug-likeness (QED) is 0.542. The highest BCUT2D eigenvalue weighted by Crippen LogP contribution is 2.41. The number of aromatic nitrogens is 1. The molecule has 5 rings (SSSR count). The van der Waals surface area contributed by atoms with E-state index in [2.05, 4.69) is 21.7 Å². The zero-order valence-electron chi connectivity index (χ0n) is 14.7. The number of rotatable bonds is 6. The summed E-state index contributed by atoms with van der Waals surface area (Å²) >= 11 is 0. The second-order valence-corrected chi connectivity index (χ2v) is 7.29. The van der Waals surface area contributed by atoms with E-state index < -0.39 is 0 Å². The lowest BCUT2D eigenvalue weighted by atomic mass is 9.95. The summed E-state index contributed by atoms with van der Waals surface area (Å²) in [5.74, 6) is 0.0127. The summed E-state index contributed by atoms with van der Waals surface area (Å²) in [4.78, 5) is 15.4. The molecule has 1 saturated heterocycles. The Balaban J connectivity index is 1.43. The minimum absolute atomic E-state index is 0.0127. The molecule has 1 atom stereocenters. The maximum absolute atomic E-state index is 12.4. The van der Waals surface area contributed by atoms with Crippen LogP contribution in [0.4, 0.5) is 5.69 Å². The van der Waals surface area contributed by atoms with Gasteiger partial charge in [-0.15, -0.1) is 0 Å². The molecule has 0 amide bonds. The fourth-order valence-corrected chi connectivity index (χ4v) is 3.77. The van der Waals surface area contributed by atoms with Gasteiger partial charge in [0.1, 0.15) is 5.69 Å². The maximum atomic E-state index is 12.4.